The maximum Gasteiger partial charge on any atom is 0.338 e. The molecule has 0 saturated carbocycles. The summed E-state index contributed by atoms with van der Waals surface area (Å²) in [5, 5.41) is 29.5. The average molecular weight is 495 g/mol. The first-order valence-electron chi connectivity index (χ1n) is 13.0. The second kappa shape index (κ2) is 14.7. The number of hydrogen-bond donors (Lipinski definition) is 2. The van der Waals surface area contributed by atoms with E-state index in [0.29, 0.717) is 29.7 Å². The van der Waals surface area contributed by atoms with E-state index >= 15 is 0 Å². The van der Waals surface area contributed by atoms with Gasteiger partial charge in [0.05, 0.1) is 36.9 Å². The van der Waals surface area contributed by atoms with Gasteiger partial charge in [0, 0.05) is 6.54 Å². The van der Waals surface area contributed by atoms with Crippen LogP contribution in [0.1, 0.15) is 79.1 Å². The van der Waals surface area contributed by atoms with Gasteiger partial charge >= 0.3 is 5.97 Å². The highest BCUT2D eigenvalue weighted by Crippen LogP contribution is 2.37. The van der Waals surface area contributed by atoms with Crippen LogP contribution in [0, 0.1) is 17.2 Å². The number of hydrogen-bond acceptors (Lipinski definition) is 6. The lowest BCUT2D eigenvalue weighted by Crippen LogP contribution is -2.33. The lowest BCUT2D eigenvalue weighted by Gasteiger charge is -2.32. The molecule has 0 saturated heterocycles. The highest BCUT2D eigenvalue weighted by molar-refractivity contribution is 5.89. The predicted octanol–water partition coefficient (Wildman–Crippen LogP) is 5.00. The summed E-state index contributed by atoms with van der Waals surface area (Å²) < 4.78 is 5.33. The molecule has 0 bridgehead atoms. The van der Waals surface area contributed by atoms with Gasteiger partial charge in [-0.1, -0.05) is 57.5 Å². The molecule has 0 aliphatic rings. The van der Waals surface area contributed by atoms with Crippen LogP contribution in [-0.4, -0.2) is 47.8 Å². The molecule has 2 aromatic rings. The molecule has 0 heterocycles. The number of nitriles is 1. The van der Waals surface area contributed by atoms with Gasteiger partial charge in [-0.25, -0.2) is 4.79 Å². The number of nitrogens with zero attached hydrogens (tertiary/aromatic N) is 2. The Morgan fingerprint density at radius 3 is 2.47 bits per heavy atom. The van der Waals surface area contributed by atoms with Crippen molar-refractivity contribution >= 4 is 5.97 Å². The van der Waals surface area contributed by atoms with Crippen molar-refractivity contribution in [1.29, 1.82) is 5.26 Å². The van der Waals surface area contributed by atoms with Gasteiger partial charge in [0.2, 0.25) is 0 Å². The molecule has 0 aliphatic carbocycles. The van der Waals surface area contributed by atoms with E-state index in [0.717, 1.165) is 49.9 Å². The van der Waals surface area contributed by atoms with Crippen LogP contribution in [0.4, 0.5) is 0 Å². The number of aliphatic hydroxyl groups is 2. The number of benzene rings is 2. The van der Waals surface area contributed by atoms with Crippen LogP contribution in [0.15, 0.2) is 42.5 Å². The summed E-state index contributed by atoms with van der Waals surface area (Å²) in [6.07, 6.45) is 4.24. The Bertz CT molecular complexity index is 1010. The van der Waals surface area contributed by atoms with Crippen molar-refractivity contribution in [3.63, 3.8) is 0 Å². The standard InChI is InChI=1S/C30H42N2O4/c1-5-6-17-36-29(35)25-10-7-9-24(18-25)13-16-32(4)15-8-14-30(22-31,23(2)3)28-12-11-26(20-33)27(19-28)21-34/h7,9-12,18-19,23,33-34H,5-6,8,13-17,20-21H2,1-4H3. The Labute approximate surface area is 216 Å². The molecule has 2 rings (SSSR count). The van der Waals surface area contributed by atoms with E-state index in [4.69, 9.17) is 4.74 Å². The largest absolute Gasteiger partial charge is 0.462 e. The first-order chi connectivity index (χ1) is 17.3. The zero-order chi connectivity index (χ0) is 26.6. The number of likely N-dealkylation sites (N-methyl/N-ethyl adjacent to an activating group) is 1. The first-order valence-corrected chi connectivity index (χ1v) is 13.0. The molecular weight excluding hydrogens is 452 g/mol. The lowest BCUT2D eigenvalue weighted by atomic mass is 9.69. The van der Waals surface area contributed by atoms with Crippen molar-refractivity contribution in [1.82, 2.24) is 4.90 Å². The number of ether oxygens (including phenoxy) is 1. The molecule has 2 aromatic carbocycles. The highest BCUT2D eigenvalue weighted by atomic mass is 16.5. The molecule has 0 radical (unpaired) electrons. The Morgan fingerprint density at radius 2 is 1.83 bits per heavy atom. The van der Waals surface area contributed by atoms with Crippen LogP contribution in [-0.2, 0) is 29.8 Å². The number of esters is 1. The van der Waals surface area contributed by atoms with Gasteiger partial charge in [-0.2, -0.15) is 5.26 Å². The molecule has 0 amide bonds. The van der Waals surface area contributed by atoms with Crippen LogP contribution < -0.4 is 0 Å². The molecule has 36 heavy (non-hydrogen) atoms. The summed E-state index contributed by atoms with van der Waals surface area (Å²) in [6.45, 7) is 8.03. The third-order valence-electron chi connectivity index (χ3n) is 7.03. The van der Waals surface area contributed by atoms with Crippen molar-refractivity contribution < 1.29 is 19.7 Å². The normalized spacial score (nSPS) is 13.0. The minimum absolute atomic E-state index is 0.0964. The Hall–Kier alpha value is -2.72. The third-order valence-corrected chi connectivity index (χ3v) is 7.03. The third kappa shape index (κ3) is 7.89. The summed E-state index contributed by atoms with van der Waals surface area (Å²) in [6, 6.07) is 15.8. The van der Waals surface area contributed by atoms with Crippen molar-refractivity contribution in [2.75, 3.05) is 26.7 Å². The average Bonchev–Trinajstić information content (AvgIpc) is 2.89. The molecule has 1 atom stereocenters. The van der Waals surface area contributed by atoms with Crippen molar-refractivity contribution in [2.45, 2.75) is 71.5 Å². The maximum atomic E-state index is 12.2. The van der Waals surface area contributed by atoms with E-state index in [1.54, 1.807) is 6.07 Å². The van der Waals surface area contributed by atoms with E-state index in [1.807, 2.05) is 36.4 Å². The number of carbonyl (C=O) groups is 1. The molecular formula is C30H42N2O4. The molecule has 0 aromatic heterocycles. The molecule has 196 valence electrons. The van der Waals surface area contributed by atoms with Crippen LogP contribution in [0.5, 0.6) is 0 Å². The van der Waals surface area contributed by atoms with Crippen LogP contribution in [0.25, 0.3) is 0 Å². The zero-order valence-corrected chi connectivity index (χ0v) is 22.3. The van der Waals surface area contributed by atoms with Crippen LogP contribution in [0.3, 0.4) is 0 Å². The number of unbranched alkanes of at least 4 members (excludes halogenated alkanes) is 1. The summed E-state index contributed by atoms with van der Waals surface area (Å²) in [5.74, 6) is -0.171. The number of rotatable bonds is 15. The van der Waals surface area contributed by atoms with E-state index in [2.05, 4.69) is 38.8 Å². The van der Waals surface area contributed by atoms with Crippen LogP contribution in [0.2, 0.25) is 0 Å². The molecule has 0 spiro atoms. The number of carbonyl (C=O) groups excluding carboxylic acids is 1. The van der Waals surface area contributed by atoms with Gasteiger partial charge in [0.1, 0.15) is 0 Å². The second-order valence-corrected chi connectivity index (χ2v) is 9.88. The smallest absolute Gasteiger partial charge is 0.338 e. The molecule has 6 heteroatoms. The van der Waals surface area contributed by atoms with E-state index in [1.165, 1.54) is 0 Å². The fraction of sp³-hybridized carbons (Fsp3) is 0.533. The zero-order valence-electron chi connectivity index (χ0n) is 22.3. The SMILES string of the molecule is CCCCOC(=O)c1cccc(CCN(C)CCCC(C#N)(c2ccc(CO)c(CO)c2)C(C)C)c1. The van der Waals surface area contributed by atoms with Crippen molar-refractivity contribution in [2.24, 2.45) is 5.92 Å². The Morgan fingerprint density at radius 1 is 1.08 bits per heavy atom. The van der Waals surface area contributed by atoms with Gasteiger partial charge < -0.3 is 19.8 Å². The van der Waals surface area contributed by atoms with Gasteiger partial charge in [-0.05, 0) is 79.6 Å². The van der Waals surface area contributed by atoms with E-state index in [-0.39, 0.29) is 25.1 Å². The van der Waals surface area contributed by atoms with E-state index < -0.39 is 5.41 Å². The minimum Gasteiger partial charge on any atom is -0.462 e. The summed E-state index contributed by atoms with van der Waals surface area (Å²) in [7, 11) is 2.08. The van der Waals surface area contributed by atoms with E-state index in [9.17, 15) is 20.3 Å². The summed E-state index contributed by atoms with van der Waals surface area (Å²) >= 11 is 0. The first kappa shape index (κ1) is 29.5. The maximum absolute atomic E-state index is 12.2. The van der Waals surface area contributed by atoms with Crippen molar-refractivity contribution in [3.05, 3.63) is 70.3 Å². The second-order valence-electron chi connectivity index (χ2n) is 9.88. The van der Waals surface area contributed by atoms with Gasteiger partial charge in [0.25, 0.3) is 0 Å². The lowest BCUT2D eigenvalue weighted by molar-refractivity contribution is 0.0499. The van der Waals surface area contributed by atoms with Gasteiger partial charge in [-0.15, -0.1) is 0 Å². The monoisotopic (exact) mass is 494 g/mol. The number of aliphatic hydroxyl groups excluding tert-OH is 2. The Balaban J connectivity index is 1.97. The van der Waals surface area contributed by atoms with Crippen LogP contribution >= 0.6 is 0 Å². The minimum atomic E-state index is -0.661. The molecule has 0 fully saturated rings. The molecule has 6 nitrogen and oxygen atoms in total. The van der Waals surface area contributed by atoms with Crippen molar-refractivity contribution in [3.8, 4) is 6.07 Å². The highest BCUT2D eigenvalue weighted by Gasteiger charge is 2.36. The summed E-state index contributed by atoms with van der Waals surface area (Å²) in [4.78, 5) is 14.5. The summed E-state index contributed by atoms with van der Waals surface area (Å²) in [5.41, 5.74) is 3.29. The predicted molar refractivity (Wildman–Crippen MR) is 142 cm³/mol. The molecule has 0 aliphatic heterocycles. The quantitative estimate of drug-likeness (QED) is 0.267. The fourth-order valence-corrected chi connectivity index (χ4v) is 4.53. The fourth-order valence-electron chi connectivity index (χ4n) is 4.53. The topological polar surface area (TPSA) is 93.8 Å². The van der Waals surface area contributed by atoms with Gasteiger partial charge in [-0.3, -0.25) is 0 Å². The molecule has 1 unspecified atom stereocenters. The van der Waals surface area contributed by atoms with Gasteiger partial charge in [0.15, 0.2) is 0 Å². The Kier molecular flexibility index (Phi) is 12.1. The molecule has 2 N–H and O–H groups in total.